The zero-order chi connectivity index (χ0) is 13.8. The molecule has 5 nitrogen and oxygen atoms in total. The fraction of sp³-hybridized carbons (Fsp3) is 0.286. The molecule has 0 N–H and O–H groups in total. The molecular weight excluding hydrogens is 244 g/mol. The topological polar surface area (TPSA) is 53.3 Å². The number of hydrogen-bond acceptors (Lipinski definition) is 4. The first-order valence-electron chi connectivity index (χ1n) is 5.86. The first kappa shape index (κ1) is 13.1. The molecule has 0 radical (unpaired) electrons. The fourth-order valence-corrected chi connectivity index (χ4v) is 1.86. The number of methoxy groups -OCH3 is 2. The van der Waals surface area contributed by atoms with Crippen molar-refractivity contribution in [3.8, 4) is 11.5 Å². The highest BCUT2D eigenvalue weighted by Gasteiger charge is 2.12. The Morgan fingerprint density at radius 3 is 2.58 bits per heavy atom. The van der Waals surface area contributed by atoms with Crippen molar-refractivity contribution in [2.24, 2.45) is 7.05 Å². The highest BCUT2D eigenvalue weighted by atomic mass is 16.5. The molecule has 0 unspecified atom stereocenters. The van der Waals surface area contributed by atoms with Crippen LogP contribution in [0.25, 0.3) is 0 Å². The third kappa shape index (κ3) is 2.93. The highest BCUT2D eigenvalue weighted by molar-refractivity contribution is 5.98. The Hall–Kier alpha value is -2.30. The molecule has 0 amide bonds. The predicted octanol–water partition coefficient (Wildman–Crippen LogP) is 1.86. The predicted molar refractivity (Wildman–Crippen MR) is 70.8 cm³/mol. The third-order valence-electron chi connectivity index (χ3n) is 2.83. The van der Waals surface area contributed by atoms with E-state index in [4.69, 9.17) is 9.47 Å². The van der Waals surface area contributed by atoms with Crippen molar-refractivity contribution in [1.82, 2.24) is 9.78 Å². The van der Waals surface area contributed by atoms with Crippen LogP contribution in [0, 0.1) is 0 Å². The molecule has 0 bridgehead atoms. The van der Waals surface area contributed by atoms with Gasteiger partial charge in [-0.15, -0.1) is 0 Å². The van der Waals surface area contributed by atoms with Gasteiger partial charge in [0.25, 0.3) is 0 Å². The van der Waals surface area contributed by atoms with E-state index in [1.54, 1.807) is 43.3 Å². The largest absolute Gasteiger partial charge is 0.493 e. The average molecular weight is 260 g/mol. The van der Waals surface area contributed by atoms with Crippen LogP contribution in [0.5, 0.6) is 11.5 Å². The van der Waals surface area contributed by atoms with E-state index in [0.717, 1.165) is 5.56 Å². The molecule has 1 aromatic carbocycles. The van der Waals surface area contributed by atoms with Crippen molar-refractivity contribution < 1.29 is 14.3 Å². The Balaban J connectivity index is 2.19. The summed E-state index contributed by atoms with van der Waals surface area (Å²) in [6.45, 7) is 0. The second-order valence-corrected chi connectivity index (χ2v) is 4.19. The number of benzene rings is 1. The molecule has 1 aromatic heterocycles. The van der Waals surface area contributed by atoms with Crippen LogP contribution in [0.3, 0.4) is 0 Å². The summed E-state index contributed by atoms with van der Waals surface area (Å²) in [6.07, 6.45) is 3.85. The Kier molecular flexibility index (Phi) is 3.85. The summed E-state index contributed by atoms with van der Waals surface area (Å²) in [4.78, 5) is 12.2. The molecule has 0 atom stereocenters. The van der Waals surface area contributed by atoms with Crippen molar-refractivity contribution in [3.05, 3.63) is 41.7 Å². The zero-order valence-electron chi connectivity index (χ0n) is 11.2. The first-order valence-corrected chi connectivity index (χ1v) is 5.86. The van der Waals surface area contributed by atoms with Crippen LogP contribution in [-0.4, -0.2) is 29.8 Å². The number of hydrogen-bond donors (Lipinski definition) is 0. The van der Waals surface area contributed by atoms with Gasteiger partial charge in [-0.05, 0) is 23.8 Å². The van der Waals surface area contributed by atoms with Crippen LogP contribution < -0.4 is 9.47 Å². The van der Waals surface area contributed by atoms with Gasteiger partial charge in [0.2, 0.25) is 0 Å². The zero-order valence-corrected chi connectivity index (χ0v) is 11.2. The number of aryl methyl sites for hydroxylation is 1. The minimum absolute atomic E-state index is 0.0222. The normalized spacial score (nSPS) is 10.3. The number of aromatic nitrogens is 2. The van der Waals surface area contributed by atoms with Crippen molar-refractivity contribution in [2.75, 3.05) is 14.2 Å². The van der Waals surface area contributed by atoms with E-state index < -0.39 is 0 Å². The van der Waals surface area contributed by atoms with E-state index in [9.17, 15) is 4.79 Å². The fourth-order valence-electron chi connectivity index (χ4n) is 1.86. The summed E-state index contributed by atoms with van der Waals surface area (Å²) in [5.74, 6) is 1.19. The van der Waals surface area contributed by atoms with Crippen LogP contribution in [0.4, 0.5) is 0 Å². The minimum atomic E-state index is 0.0222. The molecule has 1 heterocycles. The summed E-state index contributed by atoms with van der Waals surface area (Å²) in [6, 6.07) is 5.16. The number of nitrogens with zero attached hydrogens (tertiary/aromatic N) is 2. The molecule has 19 heavy (non-hydrogen) atoms. The van der Waals surface area contributed by atoms with Crippen molar-refractivity contribution in [1.29, 1.82) is 0 Å². The number of ketones is 1. The van der Waals surface area contributed by atoms with Gasteiger partial charge < -0.3 is 9.47 Å². The molecule has 0 saturated carbocycles. The van der Waals surface area contributed by atoms with E-state index in [-0.39, 0.29) is 5.78 Å². The highest BCUT2D eigenvalue weighted by Crippen LogP contribution is 2.28. The van der Waals surface area contributed by atoms with Gasteiger partial charge in [-0.3, -0.25) is 9.48 Å². The van der Waals surface area contributed by atoms with Crippen LogP contribution in [0.1, 0.15) is 15.9 Å². The molecule has 0 spiro atoms. The molecule has 0 saturated heterocycles. The number of rotatable bonds is 5. The van der Waals surface area contributed by atoms with Gasteiger partial charge in [0.05, 0.1) is 20.4 Å². The maximum atomic E-state index is 12.2. The van der Waals surface area contributed by atoms with Crippen LogP contribution in [-0.2, 0) is 13.5 Å². The number of Topliss-reactive ketones (excluding diaryl/α,β-unsaturated/α-hetero) is 1. The smallest absolute Gasteiger partial charge is 0.167 e. The second-order valence-electron chi connectivity index (χ2n) is 4.19. The summed E-state index contributed by atoms with van der Waals surface area (Å²) in [5, 5.41) is 4.04. The van der Waals surface area contributed by atoms with E-state index in [2.05, 4.69) is 5.10 Å². The van der Waals surface area contributed by atoms with Crippen LogP contribution in [0.2, 0.25) is 0 Å². The monoisotopic (exact) mass is 260 g/mol. The Labute approximate surface area is 111 Å². The lowest BCUT2D eigenvalue weighted by molar-refractivity contribution is 0.0992. The molecule has 2 rings (SSSR count). The molecule has 5 heteroatoms. The summed E-state index contributed by atoms with van der Waals surface area (Å²) in [7, 11) is 4.94. The first-order chi connectivity index (χ1) is 9.13. The quantitative estimate of drug-likeness (QED) is 0.770. The molecule has 0 aliphatic carbocycles. The lowest BCUT2D eigenvalue weighted by Crippen LogP contribution is -2.04. The van der Waals surface area contributed by atoms with E-state index >= 15 is 0 Å². The van der Waals surface area contributed by atoms with Gasteiger partial charge in [0.1, 0.15) is 0 Å². The standard InChI is InChI=1S/C14H16N2O3/c1-16-9-10(8-15-16)6-12(17)11-4-5-13(18-2)14(7-11)19-3/h4-5,7-9H,6H2,1-3H3. The minimum Gasteiger partial charge on any atom is -0.493 e. The maximum absolute atomic E-state index is 12.2. The van der Waals surface area contributed by atoms with Gasteiger partial charge >= 0.3 is 0 Å². The molecule has 0 aliphatic rings. The van der Waals surface area contributed by atoms with Crippen LogP contribution >= 0.6 is 0 Å². The number of carbonyl (C=O) groups excluding carboxylic acids is 1. The number of ether oxygens (including phenoxy) is 2. The Morgan fingerprint density at radius 2 is 2.00 bits per heavy atom. The molecule has 0 aliphatic heterocycles. The number of carbonyl (C=O) groups is 1. The van der Waals surface area contributed by atoms with Crippen molar-refractivity contribution >= 4 is 5.78 Å². The Bertz CT molecular complexity index is 590. The van der Waals surface area contributed by atoms with Gasteiger partial charge in [-0.25, -0.2) is 0 Å². The lowest BCUT2D eigenvalue weighted by Gasteiger charge is -2.08. The van der Waals surface area contributed by atoms with Crippen LogP contribution in [0.15, 0.2) is 30.6 Å². The lowest BCUT2D eigenvalue weighted by atomic mass is 10.0. The maximum Gasteiger partial charge on any atom is 0.167 e. The SMILES string of the molecule is COc1ccc(C(=O)Cc2cnn(C)c2)cc1OC. The second kappa shape index (κ2) is 5.56. The van der Waals surface area contributed by atoms with Crippen molar-refractivity contribution in [3.63, 3.8) is 0 Å². The molecule has 100 valence electrons. The van der Waals surface area contributed by atoms with Gasteiger partial charge in [-0.2, -0.15) is 5.10 Å². The van der Waals surface area contributed by atoms with Gasteiger partial charge in [0.15, 0.2) is 17.3 Å². The molecular formula is C14H16N2O3. The average Bonchev–Trinajstić information content (AvgIpc) is 2.83. The Morgan fingerprint density at radius 1 is 1.26 bits per heavy atom. The summed E-state index contributed by atoms with van der Waals surface area (Å²) >= 11 is 0. The van der Waals surface area contributed by atoms with E-state index in [1.807, 2.05) is 13.2 Å². The summed E-state index contributed by atoms with van der Waals surface area (Å²) in [5.41, 5.74) is 1.49. The molecule has 0 fully saturated rings. The molecule has 2 aromatic rings. The van der Waals surface area contributed by atoms with E-state index in [1.165, 1.54) is 0 Å². The summed E-state index contributed by atoms with van der Waals surface area (Å²) < 4.78 is 12.0. The van der Waals surface area contributed by atoms with E-state index in [0.29, 0.717) is 23.5 Å². The van der Waals surface area contributed by atoms with Gasteiger partial charge in [-0.1, -0.05) is 0 Å². The third-order valence-corrected chi connectivity index (χ3v) is 2.83. The van der Waals surface area contributed by atoms with Crippen molar-refractivity contribution in [2.45, 2.75) is 6.42 Å². The van der Waals surface area contributed by atoms with Gasteiger partial charge in [0, 0.05) is 25.2 Å².